The van der Waals surface area contributed by atoms with Crippen LogP contribution >= 0.6 is 0 Å². The van der Waals surface area contributed by atoms with Gasteiger partial charge in [0.25, 0.3) is 10.0 Å². The molecule has 4 rings (SSSR count). The van der Waals surface area contributed by atoms with Crippen LogP contribution in [0.2, 0.25) is 0 Å². The molecule has 3 aromatic rings. The lowest BCUT2D eigenvalue weighted by Crippen LogP contribution is -2.40. The van der Waals surface area contributed by atoms with Crippen molar-refractivity contribution < 1.29 is 13.2 Å². The van der Waals surface area contributed by atoms with Crippen molar-refractivity contribution in [2.24, 2.45) is 0 Å². The number of benzene rings is 2. The molecule has 0 saturated heterocycles. The lowest BCUT2D eigenvalue weighted by molar-refractivity contribution is 0.246. The summed E-state index contributed by atoms with van der Waals surface area (Å²) in [6.07, 6.45) is 6.02. The van der Waals surface area contributed by atoms with Crippen LogP contribution in [-0.4, -0.2) is 30.5 Å². The third-order valence-corrected chi connectivity index (χ3v) is 7.32. The third kappa shape index (κ3) is 5.27. The van der Waals surface area contributed by atoms with Crippen LogP contribution in [0.5, 0.6) is 0 Å². The Labute approximate surface area is 195 Å². The van der Waals surface area contributed by atoms with Crippen molar-refractivity contribution in [1.82, 2.24) is 19.6 Å². The number of nitrogens with zero attached hydrogens (tertiary/aromatic N) is 2. The van der Waals surface area contributed by atoms with E-state index < -0.39 is 16.1 Å². The van der Waals surface area contributed by atoms with Crippen molar-refractivity contribution in [1.29, 1.82) is 0 Å². The predicted molar refractivity (Wildman–Crippen MR) is 128 cm³/mol. The molecule has 33 heavy (non-hydrogen) atoms. The smallest absolute Gasteiger partial charge is 0.328 e. The van der Waals surface area contributed by atoms with Crippen molar-refractivity contribution in [2.45, 2.75) is 57.3 Å². The van der Waals surface area contributed by atoms with Gasteiger partial charge in [0.1, 0.15) is 5.82 Å². The highest BCUT2D eigenvalue weighted by atomic mass is 32.2. The first-order chi connectivity index (χ1) is 15.9. The maximum absolute atomic E-state index is 12.3. The average molecular weight is 467 g/mol. The van der Waals surface area contributed by atoms with Gasteiger partial charge in [-0.1, -0.05) is 36.8 Å². The molecule has 0 spiro atoms. The molecule has 0 saturated carbocycles. The fraction of sp³-hybridized carbons (Fsp3) is 0.360. The number of amides is 2. The summed E-state index contributed by atoms with van der Waals surface area (Å²) >= 11 is 0. The molecule has 0 aliphatic heterocycles. The Morgan fingerprint density at radius 3 is 2.42 bits per heavy atom. The number of carbonyl (C=O) groups is 1. The number of carbonyl (C=O) groups excluding carboxylic acids is 1. The first kappa shape index (κ1) is 23.0. The number of sulfonamides is 1. The second-order valence-corrected chi connectivity index (χ2v) is 10.1. The van der Waals surface area contributed by atoms with E-state index in [1.807, 2.05) is 19.1 Å². The van der Waals surface area contributed by atoms with Crippen LogP contribution in [0.4, 0.5) is 4.79 Å². The second kappa shape index (κ2) is 9.79. The van der Waals surface area contributed by atoms with E-state index in [2.05, 4.69) is 33.7 Å². The summed E-state index contributed by atoms with van der Waals surface area (Å²) < 4.78 is 29.0. The van der Waals surface area contributed by atoms with Crippen LogP contribution in [0, 0.1) is 6.92 Å². The zero-order chi connectivity index (χ0) is 23.4. The van der Waals surface area contributed by atoms with Gasteiger partial charge >= 0.3 is 6.03 Å². The van der Waals surface area contributed by atoms with Gasteiger partial charge in [0.05, 0.1) is 10.6 Å². The van der Waals surface area contributed by atoms with Crippen LogP contribution in [-0.2, 0) is 35.7 Å². The zero-order valence-electron chi connectivity index (χ0n) is 19.1. The number of rotatable bonds is 7. The van der Waals surface area contributed by atoms with Gasteiger partial charge in [-0.3, -0.25) is 0 Å². The molecule has 0 atom stereocenters. The monoisotopic (exact) mass is 466 g/mol. The summed E-state index contributed by atoms with van der Waals surface area (Å²) in [4.78, 5) is 17.0. The van der Waals surface area contributed by atoms with Crippen LogP contribution < -0.4 is 10.0 Å². The van der Waals surface area contributed by atoms with E-state index in [4.69, 9.17) is 4.98 Å². The van der Waals surface area contributed by atoms with Gasteiger partial charge in [0, 0.05) is 24.3 Å². The van der Waals surface area contributed by atoms with E-state index in [0.29, 0.717) is 13.0 Å². The Bertz CT molecular complexity index is 1230. The Hall–Kier alpha value is -3.13. The molecule has 7 nitrogen and oxygen atoms in total. The number of aryl methyl sites for hydroxylation is 3. The minimum Gasteiger partial charge on any atom is -0.337 e. The Balaban J connectivity index is 1.34. The highest BCUT2D eigenvalue weighted by Crippen LogP contribution is 2.26. The molecule has 0 radical (unpaired) electrons. The Morgan fingerprint density at radius 1 is 1.03 bits per heavy atom. The lowest BCUT2D eigenvalue weighted by atomic mass is 10.0. The molecule has 1 aliphatic carbocycles. The molecule has 8 heteroatoms. The largest absolute Gasteiger partial charge is 0.337 e. The number of hydrogen-bond donors (Lipinski definition) is 2. The Morgan fingerprint density at radius 2 is 1.73 bits per heavy atom. The fourth-order valence-corrected chi connectivity index (χ4v) is 5.13. The van der Waals surface area contributed by atoms with Crippen LogP contribution in [0.3, 0.4) is 0 Å². The molecule has 2 amide bonds. The number of hydrogen-bond acceptors (Lipinski definition) is 4. The van der Waals surface area contributed by atoms with E-state index in [1.165, 1.54) is 36.4 Å². The summed E-state index contributed by atoms with van der Waals surface area (Å²) in [5.41, 5.74) is 5.69. The maximum Gasteiger partial charge on any atom is 0.328 e. The highest BCUT2D eigenvalue weighted by Gasteiger charge is 2.20. The summed E-state index contributed by atoms with van der Waals surface area (Å²) in [5.74, 6) is 1.10. The van der Waals surface area contributed by atoms with Gasteiger partial charge in [0.2, 0.25) is 0 Å². The molecule has 1 aliphatic rings. The second-order valence-electron chi connectivity index (χ2n) is 8.41. The first-order valence-corrected chi connectivity index (χ1v) is 12.9. The predicted octanol–water partition coefficient (Wildman–Crippen LogP) is 3.85. The molecule has 174 valence electrons. The van der Waals surface area contributed by atoms with E-state index in [9.17, 15) is 13.2 Å². The van der Waals surface area contributed by atoms with Gasteiger partial charge in [-0.05, 0) is 68.9 Å². The van der Waals surface area contributed by atoms with Crippen LogP contribution in [0.25, 0.3) is 5.69 Å². The molecule has 0 fully saturated rings. The number of urea groups is 1. The van der Waals surface area contributed by atoms with Crippen LogP contribution in [0.15, 0.2) is 53.4 Å². The SMILES string of the molecule is CCc1nc2c(n1-c1ccc(CCNC(=O)NS(=O)(=O)c3ccc(C)cc3)cc1)CCCC2. The van der Waals surface area contributed by atoms with Crippen molar-refractivity contribution in [3.63, 3.8) is 0 Å². The molecule has 1 aromatic heterocycles. The summed E-state index contributed by atoms with van der Waals surface area (Å²) in [6.45, 7) is 4.33. The zero-order valence-corrected chi connectivity index (χ0v) is 19.9. The van der Waals surface area contributed by atoms with E-state index >= 15 is 0 Å². The van der Waals surface area contributed by atoms with Crippen molar-refractivity contribution in [2.75, 3.05) is 6.54 Å². The van der Waals surface area contributed by atoms with Crippen molar-refractivity contribution in [3.8, 4) is 5.69 Å². The average Bonchev–Trinajstić information content (AvgIpc) is 3.18. The summed E-state index contributed by atoms with van der Waals surface area (Å²) in [7, 11) is -3.89. The van der Waals surface area contributed by atoms with Gasteiger partial charge < -0.3 is 9.88 Å². The number of fused-ring (bicyclic) bond motifs is 1. The highest BCUT2D eigenvalue weighted by molar-refractivity contribution is 7.90. The Kier molecular flexibility index (Phi) is 6.83. The van der Waals surface area contributed by atoms with E-state index in [0.717, 1.165) is 41.9 Å². The standard InChI is InChI=1S/C25H30N4O3S/c1-3-24-27-22-6-4-5-7-23(22)29(24)20-12-10-19(11-13-20)16-17-26-25(30)28-33(31,32)21-14-8-18(2)9-15-21/h8-15H,3-7,16-17H2,1-2H3,(H2,26,28,30). The molecule has 2 aromatic carbocycles. The number of nitrogens with one attached hydrogen (secondary N) is 2. The van der Waals surface area contributed by atoms with Gasteiger partial charge in [0.15, 0.2) is 0 Å². The van der Waals surface area contributed by atoms with E-state index in [-0.39, 0.29) is 4.90 Å². The van der Waals surface area contributed by atoms with Gasteiger partial charge in [-0.25, -0.2) is 22.9 Å². The molecular formula is C25H30N4O3S. The molecular weight excluding hydrogens is 436 g/mol. The number of imidazole rings is 1. The minimum absolute atomic E-state index is 0.0620. The maximum atomic E-state index is 12.3. The van der Waals surface area contributed by atoms with Crippen LogP contribution in [0.1, 0.15) is 48.1 Å². The van der Waals surface area contributed by atoms with Gasteiger partial charge in [-0.2, -0.15) is 0 Å². The quantitative estimate of drug-likeness (QED) is 0.553. The molecule has 0 unspecified atom stereocenters. The molecule has 0 bridgehead atoms. The number of aromatic nitrogens is 2. The topological polar surface area (TPSA) is 93.1 Å². The molecule has 1 heterocycles. The summed E-state index contributed by atoms with van der Waals surface area (Å²) in [6, 6.07) is 13.9. The molecule has 2 N–H and O–H groups in total. The summed E-state index contributed by atoms with van der Waals surface area (Å²) in [5, 5.41) is 2.63. The first-order valence-electron chi connectivity index (χ1n) is 11.4. The normalized spacial score (nSPS) is 13.4. The fourth-order valence-electron chi connectivity index (χ4n) is 4.20. The minimum atomic E-state index is -3.89. The van der Waals surface area contributed by atoms with Gasteiger partial charge in [-0.15, -0.1) is 0 Å². The lowest BCUT2D eigenvalue weighted by Gasteiger charge is -2.15. The van der Waals surface area contributed by atoms with Crippen molar-refractivity contribution in [3.05, 3.63) is 76.9 Å². The third-order valence-electron chi connectivity index (χ3n) is 5.97. The van der Waals surface area contributed by atoms with E-state index in [1.54, 1.807) is 12.1 Å². The van der Waals surface area contributed by atoms with Crippen molar-refractivity contribution >= 4 is 16.1 Å².